The number of pyridine rings is 1. The molecule has 2 heterocycles. The second-order valence-electron chi connectivity index (χ2n) is 5.05. The number of hydrogen-bond acceptors (Lipinski definition) is 2. The molecule has 3 nitrogen and oxygen atoms in total. The van der Waals surface area contributed by atoms with E-state index in [4.69, 9.17) is 23.2 Å². The number of rotatable bonds is 1. The van der Waals surface area contributed by atoms with E-state index in [0.29, 0.717) is 10.7 Å². The molecule has 0 atom stereocenters. The smallest absolute Gasteiger partial charge is 0.179 e. The third-order valence-electron chi connectivity index (χ3n) is 3.76. The molecule has 1 aliphatic carbocycles. The Bertz CT molecular complexity index is 784. The monoisotopic (exact) mass is 303 g/mol. The maximum absolute atomic E-state index is 5.98. The van der Waals surface area contributed by atoms with Gasteiger partial charge < -0.3 is 4.98 Å². The quantitative estimate of drug-likeness (QED) is 0.676. The van der Waals surface area contributed by atoms with Crippen LogP contribution in [0.4, 0.5) is 0 Å². The average Bonchev–Trinajstić information content (AvgIpc) is 3.04. The van der Waals surface area contributed by atoms with Gasteiger partial charge in [-0.15, -0.1) is 0 Å². The summed E-state index contributed by atoms with van der Waals surface area (Å²) in [6.45, 7) is 0. The Labute approximate surface area is 126 Å². The van der Waals surface area contributed by atoms with Gasteiger partial charge in [0.2, 0.25) is 0 Å². The number of aromatic nitrogens is 3. The van der Waals surface area contributed by atoms with Crippen LogP contribution in [0.5, 0.6) is 0 Å². The van der Waals surface area contributed by atoms with Crippen molar-refractivity contribution in [3.8, 4) is 11.4 Å². The van der Waals surface area contributed by atoms with Crippen LogP contribution in [0.15, 0.2) is 24.3 Å². The van der Waals surface area contributed by atoms with E-state index in [-0.39, 0.29) is 5.15 Å². The molecule has 5 heteroatoms. The van der Waals surface area contributed by atoms with Crippen molar-refractivity contribution in [2.24, 2.45) is 0 Å². The number of nitrogens with zero attached hydrogens (tertiary/aromatic N) is 2. The maximum atomic E-state index is 5.98. The lowest BCUT2D eigenvalue weighted by Crippen LogP contribution is -1.86. The number of aryl methyl sites for hydroxylation is 2. The fourth-order valence-electron chi connectivity index (χ4n) is 2.75. The van der Waals surface area contributed by atoms with Crippen LogP contribution in [-0.4, -0.2) is 15.0 Å². The first kappa shape index (κ1) is 12.2. The molecule has 0 aliphatic heterocycles. The number of H-pyrrole nitrogens is 1. The minimum atomic E-state index is 0.283. The summed E-state index contributed by atoms with van der Waals surface area (Å²) in [4.78, 5) is 11.9. The molecule has 20 heavy (non-hydrogen) atoms. The van der Waals surface area contributed by atoms with Crippen molar-refractivity contribution in [2.75, 3.05) is 0 Å². The van der Waals surface area contributed by atoms with Crippen molar-refractivity contribution in [3.05, 3.63) is 45.6 Å². The zero-order valence-corrected chi connectivity index (χ0v) is 12.1. The van der Waals surface area contributed by atoms with Gasteiger partial charge in [0.25, 0.3) is 0 Å². The number of aromatic amines is 1. The lowest BCUT2D eigenvalue weighted by molar-refractivity contribution is 0.912. The molecule has 100 valence electrons. The number of nitrogens with one attached hydrogen (secondary N) is 1. The predicted octanol–water partition coefficient (Wildman–Crippen LogP) is 4.42. The first-order valence-electron chi connectivity index (χ1n) is 6.54. The molecule has 3 aromatic rings. The van der Waals surface area contributed by atoms with E-state index in [1.54, 1.807) is 6.07 Å². The molecule has 4 rings (SSSR count). The first-order valence-corrected chi connectivity index (χ1v) is 7.30. The Hall–Kier alpha value is -1.58. The number of fused-ring (bicyclic) bond motifs is 2. The van der Waals surface area contributed by atoms with Crippen LogP contribution in [0.3, 0.4) is 0 Å². The van der Waals surface area contributed by atoms with E-state index in [2.05, 4.69) is 33.2 Å². The van der Waals surface area contributed by atoms with Gasteiger partial charge in [-0.05, 0) is 42.5 Å². The summed E-state index contributed by atoms with van der Waals surface area (Å²) >= 11 is 11.9. The number of benzene rings is 1. The van der Waals surface area contributed by atoms with Crippen molar-refractivity contribution in [1.82, 2.24) is 15.0 Å². The minimum absolute atomic E-state index is 0.283. The van der Waals surface area contributed by atoms with E-state index in [1.807, 2.05) is 0 Å². The highest BCUT2D eigenvalue weighted by molar-refractivity contribution is 6.41. The average molecular weight is 304 g/mol. The largest absolute Gasteiger partial charge is 0.337 e. The van der Waals surface area contributed by atoms with Gasteiger partial charge in [-0.1, -0.05) is 35.3 Å². The van der Waals surface area contributed by atoms with Crippen molar-refractivity contribution in [1.29, 1.82) is 0 Å². The van der Waals surface area contributed by atoms with Gasteiger partial charge in [0.15, 0.2) is 5.65 Å². The zero-order chi connectivity index (χ0) is 13.7. The number of halogens is 2. The van der Waals surface area contributed by atoms with E-state index in [1.165, 1.54) is 24.0 Å². The lowest BCUT2D eigenvalue weighted by atomic mass is 10.1. The van der Waals surface area contributed by atoms with Crippen LogP contribution in [0.2, 0.25) is 10.2 Å². The molecule has 1 aliphatic rings. The van der Waals surface area contributed by atoms with E-state index >= 15 is 0 Å². The summed E-state index contributed by atoms with van der Waals surface area (Å²) < 4.78 is 0. The molecule has 0 saturated heterocycles. The minimum Gasteiger partial charge on any atom is -0.337 e. The van der Waals surface area contributed by atoms with E-state index in [0.717, 1.165) is 23.3 Å². The SMILES string of the molecule is Clc1cc2[nH]c(-c3ccc4c(c3)CCC4)nc2nc1Cl. The van der Waals surface area contributed by atoms with Gasteiger partial charge in [0.05, 0.1) is 10.5 Å². The van der Waals surface area contributed by atoms with Gasteiger partial charge in [-0.25, -0.2) is 9.97 Å². The third kappa shape index (κ3) is 1.89. The molecular weight excluding hydrogens is 293 g/mol. The molecule has 0 spiro atoms. The van der Waals surface area contributed by atoms with Crippen LogP contribution < -0.4 is 0 Å². The van der Waals surface area contributed by atoms with Crippen LogP contribution in [0, 0.1) is 0 Å². The van der Waals surface area contributed by atoms with Gasteiger partial charge in [-0.2, -0.15) is 0 Å². The van der Waals surface area contributed by atoms with Crippen LogP contribution >= 0.6 is 23.2 Å². The molecule has 0 unspecified atom stereocenters. The van der Waals surface area contributed by atoms with Gasteiger partial charge in [-0.3, -0.25) is 0 Å². The summed E-state index contributed by atoms with van der Waals surface area (Å²) in [7, 11) is 0. The zero-order valence-electron chi connectivity index (χ0n) is 10.6. The fraction of sp³-hybridized carbons (Fsp3) is 0.200. The maximum Gasteiger partial charge on any atom is 0.179 e. The summed E-state index contributed by atoms with van der Waals surface area (Å²) in [5, 5.41) is 0.717. The second-order valence-corrected chi connectivity index (χ2v) is 5.82. The highest BCUT2D eigenvalue weighted by Gasteiger charge is 2.14. The molecule has 0 radical (unpaired) electrons. The topological polar surface area (TPSA) is 41.6 Å². The Morgan fingerprint density at radius 1 is 1.00 bits per heavy atom. The molecule has 0 fully saturated rings. The highest BCUT2D eigenvalue weighted by Crippen LogP contribution is 2.29. The number of hydrogen-bond donors (Lipinski definition) is 1. The van der Waals surface area contributed by atoms with Crippen LogP contribution in [-0.2, 0) is 12.8 Å². The Morgan fingerprint density at radius 3 is 2.75 bits per heavy atom. The molecule has 1 aromatic carbocycles. The third-order valence-corrected chi connectivity index (χ3v) is 4.43. The molecule has 0 bridgehead atoms. The van der Waals surface area contributed by atoms with Gasteiger partial charge in [0.1, 0.15) is 11.0 Å². The normalized spacial score (nSPS) is 13.9. The highest BCUT2D eigenvalue weighted by atomic mass is 35.5. The molecule has 0 saturated carbocycles. The summed E-state index contributed by atoms with van der Waals surface area (Å²) in [6.07, 6.45) is 3.58. The van der Waals surface area contributed by atoms with E-state index in [9.17, 15) is 0 Å². The summed E-state index contributed by atoms with van der Waals surface area (Å²) in [6, 6.07) is 8.27. The van der Waals surface area contributed by atoms with Crippen LogP contribution in [0.25, 0.3) is 22.6 Å². The summed E-state index contributed by atoms with van der Waals surface area (Å²) in [5.41, 5.74) is 5.35. The van der Waals surface area contributed by atoms with Crippen molar-refractivity contribution < 1.29 is 0 Å². The predicted molar refractivity (Wildman–Crippen MR) is 81.4 cm³/mol. The second kappa shape index (κ2) is 4.47. The van der Waals surface area contributed by atoms with Crippen LogP contribution in [0.1, 0.15) is 17.5 Å². The number of imidazole rings is 1. The standard InChI is InChI=1S/C15H11Cl2N3/c16-11-7-12-15(19-13(11)17)20-14(18-12)10-5-4-8-2-1-3-9(8)6-10/h4-7H,1-3H2,(H,18,19,20). The Kier molecular flexibility index (Phi) is 2.72. The van der Waals surface area contributed by atoms with Crippen molar-refractivity contribution >= 4 is 34.4 Å². The Balaban J connectivity index is 1.86. The molecule has 1 N–H and O–H groups in total. The van der Waals surface area contributed by atoms with E-state index < -0.39 is 0 Å². The summed E-state index contributed by atoms with van der Waals surface area (Å²) in [5.74, 6) is 0.806. The Morgan fingerprint density at radius 2 is 1.85 bits per heavy atom. The van der Waals surface area contributed by atoms with Crippen molar-refractivity contribution in [3.63, 3.8) is 0 Å². The molecular formula is C15H11Cl2N3. The van der Waals surface area contributed by atoms with Gasteiger partial charge in [0, 0.05) is 5.56 Å². The fourth-order valence-corrected chi connectivity index (χ4v) is 3.04. The molecule has 2 aromatic heterocycles. The van der Waals surface area contributed by atoms with Crippen molar-refractivity contribution in [2.45, 2.75) is 19.3 Å². The first-order chi connectivity index (χ1) is 9.70. The lowest BCUT2D eigenvalue weighted by Gasteiger charge is -2.01. The van der Waals surface area contributed by atoms with Gasteiger partial charge >= 0.3 is 0 Å². The molecule has 0 amide bonds.